The number of aliphatic hydroxyl groups is 1. The van der Waals surface area contributed by atoms with Crippen LogP contribution in [0.5, 0.6) is 0 Å². The number of hydrogen-bond donors (Lipinski definition) is 7. The second kappa shape index (κ2) is 18.6. The molecule has 17 nitrogen and oxygen atoms in total. The van der Waals surface area contributed by atoms with Crippen molar-refractivity contribution in [3.63, 3.8) is 0 Å². The minimum atomic E-state index is -0.912. The van der Waals surface area contributed by atoms with Gasteiger partial charge in [-0.1, -0.05) is 27.7 Å². The molecule has 396 valence electrons. The van der Waals surface area contributed by atoms with Crippen LogP contribution >= 0.6 is 0 Å². The first kappa shape index (κ1) is 50.1. The maximum Gasteiger partial charge on any atom is 0.243 e. The number of aliphatic hydroxyl groups excluding tert-OH is 1. The Kier molecular flexibility index (Phi) is 12.9. The normalized spacial score (nSPS) is 45.5. The van der Waals surface area contributed by atoms with E-state index in [0.29, 0.717) is 94.2 Å². The van der Waals surface area contributed by atoms with Gasteiger partial charge in [-0.05, 0) is 185 Å². The quantitative estimate of drug-likeness (QED) is 0.205. The van der Waals surface area contributed by atoms with E-state index in [0.717, 1.165) is 49.9 Å². The zero-order valence-electron chi connectivity index (χ0n) is 43.2. The van der Waals surface area contributed by atoms with Crippen molar-refractivity contribution in [2.75, 3.05) is 32.7 Å². The Hall–Kier alpha value is -4.12. The summed E-state index contributed by atoms with van der Waals surface area (Å²) in [5.74, 6) is 0.847. The summed E-state index contributed by atoms with van der Waals surface area (Å²) < 4.78 is 0. The van der Waals surface area contributed by atoms with Crippen LogP contribution in [-0.2, 0) is 38.4 Å². The highest BCUT2D eigenvalue weighted by Crippen LogP contribution is 2.93. The minimum Gasteiger partial charge on any atom is -0.391 e. The van der Waals surface area contributed by atoms with Gasteiger partial charge in [-0.3, -0.25) is 38.4 Å². The predicted octanol–water partition coefficient (Wildman–Crippen LogP) is 2.47. The van der Waals surface area contributed by atoms with E-state index in [1.165, 1.54) is 35.5 Å². The molecule has 11 atom stereocenters. The molecule has 11 fully saturated rings. The summed E-state index contributed by atoms with van der Waals surface area (Å²) in [6, 6.07) is -4.56. The van der Waals surface area contributed by atoms with Crippen LogP contribution in [0.4, 0.5) is 0 Å². The maximum atomic E-state index is 14.3. The molecular weight excluding hydrogens is 917 g/mol. The van der Waals surface area contributed by atoms with Gasteiger partial charge in [-0.2, -0.15) is 0 Å². The third-order valence-corrected chi connectivity index (χ3v) is 22.0. The van der Waals surface area contributed by atoms with Gasteiger partial charge in [0.2, 0.25) is 41.4 Å². The lowest BCUT2D eigenvalue weighted by Gasteiger charge is -2.92. The van der Waals surface area contributed by atoms with Crippen LogP contribution in [0.25, 0.3) is 0 Å². The smallest absolute Gasteiger partial charge is 0.243 e. The number of hydrogen-bond acceptors (Lipinski definition) is 10. The fraction of sp³-hybridized carbons (Fsp3) is 0.855. The van der Waals surface area contributed by atoms with E-state index >= 15 is 0 Å². The third kappa shape index (κ3) is 7.94. The number of carbonyl (C=O) groups excluding carboxylic acids is 8. The largest absolute Gasteiger partial charge is 0.391 e. The minimum absolute atomic E-state index is 0.0213. The highest BCUT2D eigenvalue weighted by Gasteiger charge is 2.87. The molecule has 11 aliphatic rings. The summed E-state index contributed by atoms with van der Waals surface area (Å²) in [5, 5.41) is 29.9. The van der Waals surface area contributed by atoms with E-state index < -0.39 is 66.0 Å². The average Bonchev–Trinajstić information content (AvgIpc) is 4.12. The second-order valence-electron chi connectivity index (χ2n) is 26.1. The molecular formula is C55H82N8O9. The topological polar surface area (TPSA) is 235 Å². The molecule has 2 bridgehead atoms. The van der Waals surface area contributed by atoms with Crippen LogP contribution < -0.4 is 31.9 Å². The molecule has 3 aliphatic heterocycles. The molecule has 72 heavy (non-hydrogen) atoms. The van der Waals surface area contributed by atoms with Crippen molar-refractivity contribution in [1.82, 2.24) is 41.7 Å². The first-order valence-electron chi connectivity index (χ1n) is 28.4. The van der Waals surface area contributed by atoms with E-state index in [2.05, 4.69) is 31.9 Å². The van der Waals surface area contributed by atoms with Gasteiger partial charge >= 0.3 is 0 Å². The van der Waals surface area contributed by atoms with Gasteiger partial charge in [0.15, 0.2) is 5.78 Å². The van der Waals surface area contributed by atoms with Crippen LogP contribution in [0.2, 0.25) is 0 Å². The summed E-state index contributed by atoms with van der Waals surface area (Å²) in [7, 11) is 0. The summed E-state index contributed by atoms with van der Waals surface area (Å²) in [6.07, 6.45) is 13.4. The lowest BCUT2D eigenvalue weighted by molar-refractivity contribution is -0.433. The molecule has 0 aromatic rings. The van der Waals surface area contributed by atoms with Crippen molar-refractivity contribution in [2.45, 2.75) is 192 Å². The molecule has 7 amide bonds. The lowest BCUT2D eigenvalue weighted by atomic mass is 9.13. The Labute approximate surface area is 424 Å². The Morgan fingerprint density at radius 2 is 1.18 bits per heavy atom. The molecule has 17 heteroatoms. The zero-order valence-corrected chi connectivity index (χ0v) is 43.2. The summed E-state index contributed by atoms with van der Waals surface area (Å²) in [4.78, 5) is 115. The summed E-state index contributed by atoms with van der Waals surface area (Å²) >= 11 is 0. The molecule has 2 spiro atoms. The van der Waals surface area contributed by atoms with Crippen molar-refractivity contribution in [3.8, 4) is 0 Å². The Morgan fingerprint density at radius 3 is 1.72 bits per heavy atom. The Bertz CT molecular complexity index is 2210. The van der Waals surface area contributed by atoms with E-state index in [1.807, 2.05) is 27.7 Å². The fourth-order valence-corrected chi connectivity index (χ4v) is 19.0. The number of nitrogens with zero attached hydrogens (tertiary/aromatic N) is 2. The van der Waals surface area contributed by atoms with Crippen molar-refractivity contribution in [3.05, 3.63) is 0 Å². The summed E-state index contributed by atoms with van der Waals surface area (Å²) in [5.41, 5.74) is 0.806. The monoisotopic (exact) mass is 999 g/mol. The molecule has 8 saturated carbocycles. The number of fused-ring (bicyclic) bond motifs is 3. The second-order valence-corrected chi connectivity index (χ2v) is 26.1. The lowest BCUT2D eigenvalue weighted by Crippen LogP contribution is -2.86. The van der Waals surface area contributed by atoms with Crippen molar-refractivity contribution < 1.29 is 43.5 Å². The number of ketones is 1. The molecule has 11 unspecified atom stereocenters. The van der Waals surface area contributed by atoms with Gasteiger partial charge in [0.05, 0.1) is 37.3 Å². The first-order valence-corrected chi connectivity index (χ1v) is 28.4. The third-order valence-electron chi connectivity index (χ3n) is 22.0. The molecule has 3 heterocycles. The number of rotatable bonds is 6. The van der Waals surface area contributed by atoms with Crippen LogP contribution in [0.15, 0.2) is 0 Å². The maximum absolute atomic E-state index is 14.3. The fourth-order valence-electron chi connectivity index (χ4n) is 19.0. The molecule has 0 aromatic heterocycles. The van der Waals surface area contributed by atoms with Gasteiger partial charge in [0, 0.05) is 25.9 Å². The molecule has 3 saturated heterocycles. The Morgan fingerprint density at radius 1 is 0.597 bits per heavy atom. The van der Waals surface area contributed by atoms with Gasteiger partial charge in [0.25, 0.3) is 0 Å². The molecule has 11 rings (SSSR count). The number of nitrogens with one attached hydrogen (secondary N) is 6. The van der Waals surface area contributed by atoms with Crippen molar-refractivity contribution >= 4 is 47.1 Å². The van der Waals surface area contributed by atoms with Crippen LogP contribution in [0, 0.1) is 69.0 Å². The highest BCUT2D eigenvalue weighted by atomic mass is 16.3. The Balaban J connectivity index is 0.796. The SMILES string of the molecule is CC(C)C1NC(=O)C2CCCN2C(=O)CNC(=O)C(CC23CC4CC5CC(C2)C54C3)NCCCC(O)C(C(C)C)NC(=O)C2CCCN2C(=O)CNC(=O)C(CC23CC4CC5CC(C2)C543)NC(=O)CCC1=O. The highest BCUT2D eigenvalue weighted by molar-refractivity contribution is 5.96. The number of Topliss-reactive ketones (excluding diaryl/α,β-unsaturated/α-hetero) is 1. The van der Waals surface area contributed by atoms with Gasteiger partial charge < -0.3 is 46.8 Å². The van der Waals surface area contributed by atoms with Gasteiger partial charge in [0.1, 0.15) is 18.1 Å². The van der Waals surface area contributed by atoms with Crippen molar-refractivity contribution in [2.24, 2.45) is 69.0 Å². The summed E-state index contributed by atoms with van der Waals surface area (Å²) in [6.45, 7) is 8.04. The molecule has 8 aliphatic carbocycles. The molecule has 0 radical (unpaired) electrons. The first-order chi connectivity index (χ1) is 34.4. The van der Waals surface area contributed by atoms with Crippen LogP contribution in [0.1, 0.15) is 150 Å². The molecule has 7 N–H and O–H groups in total. The number of amides is 7. The average molecular weight is 999 g/mol. The number of carbonyl (C=O) groups is 8. The van der Waals surface area contributed by atoms with Gasteiger partial charge in [-0.15, -0.1) is 0 Å². The van der Waals surface area contributed by atoms with Crippen LogP contribution in [-0.4, -0.2) is 137 Å². The standard InChI is InChI=1S/C55H82N8O9/c1-29(2)46-41(64)10-5-13-56-37(24-52-20-33-16-31-17-34(21-52)54(31,33)28-52)48(69)57-26-44(67)62-14-7-9-40(62)51(72)61-47(30(3)4)42(65)11-12-43(66)59-38(25-53-22-35-18-32-19-36(23-53)55(32,35)53)49(70)58-27-45(68)63-15-6-8-39(63)50(71)60-46/h29-41,46-47,56,64H,5-28H2,1-4H3,(H,57,69)(H,58,70)(H,59,66)(H,60,71)(H,61,72). The van der Waals surface area contributed by atoms with E-state index in [4.69, 9.17) is 0 Å². The molecule has 0 aromatic carbocycles. The van der Waals surface area contributed by atoms with Gasteiger partial charge in [-0.25, -0.2) is 0 Å². The van der Waals surface area contributed by atoms with E-state index in [9.17, 15) is 43.5 Å². The predicted molar refractivity (Wildman–Crippen MR) is 264 cm³/mol. The van der Waals surface area contributed by atoms with Crippen molar-refractivity contribution in [1.29, 1.82) is 0 Å². The zero-order chi connectivity index (χ0) is 50.6. The van der Waals surface area contributed by atoms with E-state index in [-0.39, 0.29) is 77.5 Å². The van der Waals surface area contributed by atoms with E-state index in [1.54, 1.807) is 0 Å². The van der Waals surface area contributed by atoms with Crippen LogP contribution in [0.3, 0.4) is 0 Å².